The first-order valence-corrected chi connectivity index (χ1v) is 6.41. The number of anilines is 2. The molecule has 0 unspecified atom stereocenters. The number of hydrazine groups is 1. The first-order valence-electron chi connectivity index (χ1n) is 6.03. The van der Waals surface area contributed by atoms with E-state index in [1.165, 1.54) is 0 Å². The van der Waals surface area contributed by atoms with E-state index >= 15 is 0 Å². The molecule has 7 heteroatoms. The number of nitrogen functional groups attached to an aromatic ring is 1. The van der Waals surface area contributed by atoms with E-state index in [2.05, 4.69) is 20.7 Å². The Bertz CT molecular complexity index is 578. The van der Waals surface area contributed by atoms with E-state index in [9.17, 15) is 0 Å². The van der Waals surface area contributed by atoms with Gasteiger partial charge in [-0.15, -0.1) is 0 Å². The lowest BCUT2D eigenvalue weighted by Gasteiger charge is -2.10. The molecule has 0 aliphatic rings. The third-order valence-corrected chi connectivity index (χ3v) is 2.98. The highest BCUT2D eigenvalue weighted by Crippen LogP contribution is 2.17. The fraction of sp³-hybridized carbons (Fsp3) is 0.231. The van der Waals surface area contributed by atoms with Crippen molar-refractivity contribution in [1.29, 1.82) is 0 Å². The molecule has 1 aromatic carbocycles. The Balaban J connectivity index is 2.12. The molecule has 4 N–H and O–H groups in total. The number of nitrogens with two attached hydrogens (primary N) is 1. The van der Waals surface area contributed by atoms with Gasteiger partial charge in [0, 0.05) is 24.7 Å². The standard InChI is InChI=1S/C13H16ClN5O/c1-20-8-13-17-11(6-12(18-13)19-15)16-7-9-4-2-3-5-10(9)14/h2-6H,7-8,15H2,1H3,(H2,16,17,18,19). The van der Waals surface area contributed by atoms with Gasteiger partial charge in [-0.05, 0) is 11.6 Å². The minimum absolute atomic E-state index is 0.316. The number of nitrogens with zero attached hydrogens (tertiary/aromatic N) is 2. The van der Waals surface area contributed by atoms with Gasteiger partial charge in [0.15, 0.2) is 5.82 Å². The van der Waals surface area contributed by atoms with Crippen LogP contribution in [0.1, 0.15) is 11.4 Å². The predicted molar refractivity (Wildman–Crippen MR) is 79.3 cm³/mol. The van der Waals surface area contributed by atoms with Crippen LogP contribution in [0.2, 0.25) is 5.02 Å². The molecule has 2 aromatic rings. The Morgan fingerprint density at radius 1 is 1.25 bits per heavy atom. The summed E-state index contributed by atoms with van der Waals surface area (Å²) in [6.07, 6.45) is 0. The number of rotatable bonds is 6. The molecular weight excluding hydrogens is 278 g/mol. The van der Waals surface area contributed by atoms with Gasteiger partial charge in [-0.25, -0.2) is 15.8 Å². The molecule has 2 rings (SSSR count). The minimum Gasteiger partial charge on any atom is -0.377 e. The maximum absolute atomic E-state index is 6.10. The van der Waals surface area contributed by atoms with E-state index in [4.69, 9.17) is 22.2 Å². The summed E-state index contributed by atoms with van der Waals surface area (Å²) in [5, 5.41) is 3.90. The number of aromatic nitrogens is 2. The maximum Gasteiger partial charge on any atom is 0.158 e. The first-order chi connectivity index (χ1) is 9.72. The Hall–Kier alpha value is -1.89. The van der Waals surface area contributed by atoms with Crippen LogP contribution in [0.3, 0.4) is 0 Å². The van der Waals surface area contributed by atoms with Gasteiger partial charge in [0.05, 0.1) is 0 Å². The van der Waals surface area contributed by atoms with Gasteiger partial charge in [0.1, 0.15) is 18.2 Å². The van der Waals surface area contributed by atoms with Crippen LogP contribution in [-0.2, 0) is 17.9 Å². The molecule has 0 aliphatic heterocycles. The van der Waals surface area contributed by atoms with Crippen molar-refractivity contribution in [2.24, 2.45) is 5.84 Å². The second kappa shape index (κ2) is 7.04. The van der Waals surface area contributed by atoms with E-state index in [0.29, 0.717) is 35.6 Å². The minimum atomic E-state index is 0.316. The number of halogens is 1. The first kappa shape index (κ1) is 14.5. The van der Waals surface area contributed by atoms with Crippen LogP contribution in [0.4, 0.5) is 11.6 Å². The zero-order valence-electron chi connectivity index (χ0n) is 11.1. The van der Waals surface area contributed by atoms with Crippen molar-refractivity contribution in [2.45, 2.75) is 13.2 Å². The van der Waals surface area contributed by atoms with Crippen molar-refractivity contribution in [3.8, 4) is 0 Å². The van der Waals surface area contributed by atoms with Crippen LogP contribution in [0.5, 0.6) is 0 Å². The zero-order chi connectivity index (χ0) is 14.4. The number of hydrogen-bond donors (Lipinski definition) is 3. The number of methoxy groups -OCH3 is 1. The summed E-state index contributed by atoms with van der Waals surface area (Å²) in [6.45, 7) is 0.878. The summed E-state index contributed by atoms with van der Waals surface area (Å²) in [4.78, 5) is 8.51. The van der Waals surface area contributed by atoms with E-state index in [1.807, 2.05) is 24.3 Å². The molecule has 0 saturated carbocycles. The fourth-order valence-electron chi connectivity index (χ4n) is 1.68. The second-order valence-corrected chi connectivity index (χ2v) is 4.48. The zero-order valence-corrected chi connectivity index (χ0v) is 11.8. The summed E-state index contributed by atoms with van der Waals surface area (Å²) in [6, 6.07) is 9.35. The Morgan fingerprint density at radius 2 is 2.00 bits per heavy atom. The van der Waals surface area contributed by atoms with E-state index in [-0.39, 0.29) is 0 Å². The number of hydrogen-bond acceptors (Lipinski definition) is 6. The normalized spacial score (nSPS) is 10.3. The highest BCUT2D eigenvalue weighted by Gasteiger charge is 2.05. The molecule has 1 heterocycles. The molecule has 0 fully saturated rings. The van der Waals surface area contributed by atoms with Gasteiger partial charge in [0.25, 0.3) is 0 Å². The van der Waals surface area contributed by atoms with Crippen molar-refractivity contribution in [1.82, 2.24) is 9.97 Å². The molecule has 0 saturated heterocycles. The Kier molecular flexibility index (Phi) is 5.11. The van der Waals surface area contributed by atoms with Gasteiger partial charge < -0.3 is 15.5 Å². The molecule has 0 aliphatic carbocycles. The van der Waals surface area contributed by atoms with Crippen LogP contribution < -0.4 is 16.6 Å². The average molecular weight is 294 g/mol. The summed E-state index contributed by atoms with van der Waals surface area (Å²) in [5.41, 5.74) is 3.49. The number of nitrogens with one attached hydrogen (secondary N) is 2. The quantitative estimate of drug-likeness (QED) is 0.559. The lowest BCUT2D eigenvalue weighted by Crippen LogP contribution is -2.12. The topological polar surface area (TPSA) is 85.1 Å². The third kappa shape index (κ3) is 3.80. The Labute approximate surface area is 122 Å². The molecule has 6 nitrogen and oxygen atoms in total. The summed E-state index contributed by atoms with van der Waals surface area (Å²) >= 11 is 6.10. The smallest absolute Gasteiger partial charge is 0.158 e. The Morgan fingerprint density at radius 3 is 2.70 bits per heavy atom. The summed E-state index contributed by atoms with van der Waals surface area (Å²) in [7, 11) is 1.59. The molecular formula is C13H16ClN5O. The van der Waals surface area contributed by atoms with Gasteiger partial charge in [-0.1, -0.05) is 29.8 Å². The molecule has 106 valence electrons. The lowest BCUT2D eigenvalue weighted by atomic mass is 10.2. The van der Waals surface area contributed by atoms with Crippen molar-refractivity contribution in [3.05, 3.63) is 46.7 Å². The van der Waals surface area contributed by atoms with Gasteiger partial charge in [-0.3, -0.25) is 0 Å². The SMILES string of the molecule is COCc1nc(NN)cc(NCc2ccccc2Cl)n1. The van der Waals surface area contributed by atoms with Crippen LogP contribution in [0, 0.1) is 0 Å². The molecule has 0 amide bonds. The molecule has 0 spiro atoms. The van der Waals surface area contributed by atoms with Crippen LogP contribution in [0.25, 0.3) is 0 Å². The van der Waals surface area contributed by atoms with Gasteiger partial charge >= 0.3 is 0 Å². The van der Waals surface area contributed by atoms with Crippen LogP contribution in [0.15, 0.2) is 30.3 Å². The molecule has 1 aromatic heterocycles. The third-order valence-electron chi connectivity index (χ3n) is 2.61. The van der Waals surface area contributed by atoms with E-state index in [1.54, 1.807) is 13.2 Å². The van der Waals surface area contributed by atoms with Gasteiger partial charge in [0.2, 0.25) is 0 Å². The average Bonchev–Trinajstić information content (AvgIpc) is 2.46. The second-order valence-electron chi connectivity index (χ2n) is 4.08. The molecule has 20 heavy (non-hydrogen) atoms. The predicted octanol–water partition coefficient (Wildman–Crippen LogP) is 2.17. The monoisotopic (exact) mass is 293 g/mol. The highest BCUT2D eigenvalue weighted by atomic mass is 35.5. The van der Waals surface area contributed by atoms with Crippen molar-refractivity contribution >= 4 is 23.2 Å². The number of benzene rings is 1. The summed E-state index contributed by atoms with van der Waals surface area (Å²) in [5.74, 6) is 7.11. The van der Waals surface area contributed by atoms with Crippen molar-refractivity contribution in [3.63, 3.8) is 0 Å². The molecule has 0 atom stereocenters. The maximum atomic E-state index is 6.10. The van der Waals surface area contributed by atoms with Crippen LogP contribution >= 0.6 is 11.6 Å². The number of ether oxygens (including phenoxy) is 1. The lowest BCUT2D eigenvalue weighted by molar-refractivity contribution is 0.178. The van der Waals surface area contributed by atoms with Crippen molar-refractivity contribution in [2.75, 3.05) is 17.9 Å². The largest absolute Gasteiger partial charge is 0.377 e. The van der Waals surface area contributed by atoms with Gasteiger partial charge in [-0.2, -0.15) is 0 Å². The van der Waals surface area contributed by atoms with Crippen molar-refractivity contribution < 1.29 is 4.74 Å². The van der Waals surface area contributed by atoms with E-state index < -0.39 is 0 Å². The molecule has 0 radical (unpaired) electrons. The fourth-order valence-corrected chi connectivity index (χ4v) is 1.89. The van der Waals surface area contributed by atoms with E-state index in [0.717, 1.165) is 5.56 Å². The molecule has 0 bridgehead atoms. The summed E-state index contributed by atoms with van der Waals surface area (Å²) < 4.78 is 5.02. The highest BCUT2D eigenvalue weighted by molar-refractivity contribution is 6.31. The van der Waals surface area contributed by atoms with Crippen LogP contribution in [-0.4, -0.2) is 17.1 Å².